The minimum absolute atomic E-state index is 0.0149. The van der Waals surface area contributed by atoms with Crippen molar-refractivity contribution in [3.05, 3.63) is 47.6 Å². The highest BCUT2D eigenvalue weighted by atomic mass is 31.2. The summed E-state index contributed by atoms with van der Waals surface area (Å²) in [6.45, 7) is 16.0. The smallest absolute Gasteiger partial charge is 0.329 e. The average Bonchev–Trinajstić information content (AvgIpc) is 3.32. The number of amides is 1. The molecule has 0 aromatic carbocycles. The number of nitrogens with zero attached hydrogens (tertiary/aromatic N) is 1. The van der Waals surface area contributed by atoms with Crippen LogP contribution in [0.5, 0.6) is 0 Å². The van der Waals surface area contributed by atoms with Crippen molar-refractivity contribution in [2.24, 2.45) is 35.5 Å². The number of ketones is 3. The van der Waals surface area contributed by atoms with E-state index in [9.17, 15) is 38.8 Å². The molecule has 0 aromatic rings. The van der Waals surface area contributed by atoms with E-state index in [-0.39, 0.29) is 43.2 Å². The summed E-state index contributed by atoms with van der Waals surface area (Å²) >= 11 is 0. The van der Waals surface area contributed by atoms with Gasteiger partial charge < -0.3 is 47.8 Å². The Morgan fingerprint density at radius 1 is 0.958 bits per heavy atom. The first-order chi connectivity index (χ1) is 33.5. The third-order valence-electron chi connectivity index (χ3n) is 15.2. The number of allylic oxidation sites excluding steroid dienone is 6. The second kappa shape index (κ2) is 27.9. The minimum Gasteiger partial charge on any atom is -0.460 e. The van der Waals surface area contributed by atoms with E-state index in [0.29, 0.717) is 69.3 Å². The predicted octanol–water partition coefficient (Wildman–Crippen LogP) is 8.06. The molecule has 0 spiro atoms. The van der Waals surface area contributed by atoms with Crippen LogP contribution in [-0.4, -0.2) is 140 Å². The molecule has 71 heavy (non-hydrogen) atoms. The van der Waals surface area contributed by atoms with Crippen molar-refractivity contribution in [2.45, 2.75) is 187 Å². The van der Waals surface area contributed by atoms with Crippen LogP contribution in [0.2, 0.25) is 0 Å². The summed E-state index contributed by atoms with van der Waals surface area (Å²) in [7, 11) is 1.14. The van der Waals surface area contributed by atoms with Gasteiger partial charge in [0.05, 0.1) is 31.0 Å². The number of ether oxygens (including phenoxy) is 5. The van der Waals surface area contributed by atoms with E-state index >= 15 is 0 Å². The fourth-order valence-corrected chi connectivity index (χ4v) is 12.4. The predicted molar refractivity (Wildman–Crippen MR) is 269 cm³/mol. The first-order valence-electron chi connectivity index (χ1n) is 25.9. The summed E-state index contributed by atoms with van der Waals surface area (Å²) in [5.74, 6) is -7.96. The number of likely N-dealkylation sites (tertiary alicyclic amines) is 1. The lowest BCUT2D eigenvalue weighted by molar-refractivity contribution is -0.266. The summed E-state index contributed by atoms with van der Waals surface area (Å²) in [4.78, 5) is 70.9. The van der Waals surface area contributed by atoms with Crippen LogP contribution in [0.15, 0.2) is 47.6 Å². The molecule has 0 bridgehead atoms. The third-order valence-corrected chi connectivity index (χ3v) is 16.6. The van der Waals surface area contributed by atoms with E-state index in [0.717, 1.165) is 18.4 Å². The molecule has 9 unspecified atom stereocenters. The highest BCUT2D eigenvalue weighted by Crippen LogP contribution is 2.50. The van der Waals surface area contributed by atoms with Gasteiger partial charge in [0.15, 0.2) is 5.78 Å². The number of carbonyl (C=O) groups excluding carboxylic acids is 5. The third kappa shape index (κ3) is 16.2. The lowest BCUT2D eigenvalue weighted by Gasteiger charge is -2.50. The largest absolute Gasteiger partial charge is 0.460 e. The number of carbonyl (C=O) groups is 5. The van der Waals surface area contributed by atoms with E-state index in [2.05, 4.69) is 19.9 Å². The molecule has 1 saturated carbocycles. The fraction of sp³-hybridized carbons (Fsp3) is 0.759. The summed E-state index contributed by atoms with van der Waals surface area (Å²) < 4.78 is 53.8. The van der Waals surface area contributed by atoms with Gasteiger partial charge in [-0.3, -0.25) is 23.7 Å². The number of cyclic esters (lactones) is 1. The molecule has 0 aromatic heterocycles. The maximum absolute atomic E-state index is 14.6. The molecular formula is C54H86NO15P. The fourth-order valence-electron chi connectivity index (χ4n) is 11.2. The summed E-state index contributed by atoms with van der Waals surface area (Å²) in [6.07, 6.45) is 12.9. The number of aliphatic hydroxyl groups is 2. The Morgan fingerprint density at radius 2 is 1.68 bits per heavy atom. The van der Waals surface area contributed by atoms with Crippen molar-refractivity contribution in [2.75, 3.05) is 41.1 Å². The Morgan fingerprint density at radius 3 is 2.31 bits per heavy atom. The van der Waals surface area contributed by atoms with Crippen LogP contribution in [0.25, 0.3) is 0 Å². The molecule has 402 valence electrons. The van der Waals surface area contributed by atoms with Gasteiger partial charge in [-0.1, -0.05) is 70.6 Å². The maximum atomic E-state index is 14.6. The van der Waals surface area contributed by atoms with E-state index in [1.54, 1.807) is 48.0 Å². The number of hydrogen-bond acceptors (Lipinski definition) is 15. The van der Waals surface area contributed by atoms with E-state index in [1.807, 2.05) is 31.2 Å². The number of esters is 1. The molecule has 0 radical (unpaired) electrons. The molecule has 1 aliphatic carbocycles. The Hall–Kier alpha value is -3.18. The second-order valence-electron chi connectivity index (χ2n) is 20.6. The van der Waals surface area contributed by atoms with E-state index in [4.69, 9.17) is 32.7 Å². The van der Waals surface area contributed by atoms with Gasteiger partial charge in [0.2, 0.25) is 5.79 Å². The standard InChI is InChI=1S/C54H86NO15P/c1-13-19-33(3)20-16-15-17-21-34(4)45(64-9)31-40-25-23-37(7)54(62,69-40)51(59)52(60)55-27-18-22-41-42(29-39-24-26-44(47(30-39)65-10)70-71(12,63)67-14-2)46(68-53(61)48(41)55)32-43(57)35(5)28-36(6)49(58)50(66-11)38(8)56/h15-17,20-21,28,33,35,37,39-42,44-50,58,62H,13-14,18-19,22-27,29-32H2,1-12H3/b17-15+,20-16+,34-21+,36-28+/t33-,35?,37?,39?,40-,41+,42?,44+,45-,46-,47?,48?,49?,50-,54?,71?/m0/s1. The zero-order valence-electron chi connectivity index (χ0n) is 44.5. The molecular weight excluding hydrogens is 934 g/mol. The highest BCUT2D eigenvalue weighted by Gasteiger charge is 2.57. The number of methoxy groups -OCH3 is 3. The molecule has 16 nitrogen and oxygen atoms in total. The van der Waals surface area contributed by atoms with Crippen LogP contribution in [0.4, 0.5) is 0 Å². The van der Waals surface area contributed by atoms with Crippen molar-refractivity contribution in [3.8, 4) is 0 Å². The van der Waals surface area contributed by atoms with Crippen LogP contribution in [-0.2, 0) is 61.3 Å². The molecule has 3 aliphatic heterocycles. The summed E-state index contributed by atoms with van der Waals surface area (Å²) in [5.41, 5.74) is 1.30. The number of hydrogen-bond donors (Lipinski definition) is 2. The normalized spacial score (nSPS) is 31.8. The maximum Gasteiger partial charge on any atom is 0.329 e. The van der Waals surface area contributed by atoms with Crippen molar-refractivity contribution in [3.63, 3.8) is 0 Å². The lowest BCUT2D eigenvalue weighted by Crippen LogP contribution is -2.65. The van der Waals surface area contributed by atoms with E-state index < -0.39 is 97.4 Å². The van der Waals surface area contributed by atoms with Crippen LogP contribution >= 0.6 is 7.60 Å². The van der Waals surface area contributed by atoms with Gasteiger partial charge in [0.25, 0.3) is 11.7 Å². The Labute approximate surface area is 423 Å². The lowest BCUT2D eigenvalue weighted by atomic mass is 9.68. The zero-order chi connectivity index (χ0) is 52.8. The van der Waals surface area contributed by atoms with Gasteiger partial charge in [0, 0.05) is 65.1 Å². The molecule has 16 atom stereocenters. The number of Topliss-reactive ketones (excluding diaryl/α,β-unsaturated/α-hetero) is 3. The zero-order valence-corrected chi connectivity index (χ0v) is 45.4. The van der Waals surface area contributed by atoms with Crippen molar-refractivity contribution in [1.82, 2.24) is 4.90 Å². The monoisotopic (exact) mass is 1020 g/mol. The van der Waals surface area contributed by atoms with Gasteiger partial charge in [-0.05, 0) is 114 Å². The SMILES string of the molecule is CCC[C@H](C)/C=C/C=C/C=C(\C)[C@H](C[C@@H]1CCC(C)C(O)(C(=O)C(=O)N2CCC[C@@H]3C(CC4CC[C@@H](OP(C)(=O)OCC)C(OC)C4)[C@H](CC(=O)C(C)/C=C(\C)C(O)[C@@H](OC)C(C)=O)OC(=O)C32)O1)OC. The molecule has 4 rings (SSSR count). The Kier molecular flexibility index (Phi) is 23.7. The number of aliphatic hydroxyl groups excluding tert-OH is 1. The van der Waals surface area contributed by atoms with E-state index in [1.165, 1.54) is 25.6 Å². The first-order valence-corrected chi connectivity index (χ1v) is 27.9. The topological polar surface area (TPSA) is 211 Å². The second-order valence-corrected chi connectivity index (χ2v) is 22.7. The van der Waals surface area contributed by atoms with Gasteiger partial charge in [-0.25, -0.2) is 4.79 Å². The summed E-state index contributed by atoms with van der Waals surface area (Å²) in [6, 6.07) is -1.17. The molecule has 1 amide bonds. The average molecular weight is 1020 g/mol. The minimum atomic E-state index is -3.35. The van der Waals surface area contributed by atoms with Crippen LogP contribution < -0.4 is 0 Å². The quantitative estimate of drug-likeness (QED) is 0.0276. The molecule has 3 saturated heterocycles. The molecule has 2 N–H and O–H groups in total. The number of fused-ring (bicyclic) bond motifs is 1. The molecule has 17 heteroatoms. The Balaban J connectivity index is 1.59. The number of rotatable bonds is 26. The van der Waals surface area contributed by atoms with Crippen molar-refractivity contribution < 1.29 is 71.5 Å². The Bertz CT molecular complexity index is 1980. The first kappa shape index (κ1) is 60.4. The van der Waals surface area contributed by atoms with Gasteiger partial charge >= 0.3 is 13.6 Å². The van der Waals surface area contributed by atoms with Gasteiger partial charge in [-0.2, -0.15) is 0 Å². The van der Waals surface area contributed by atoms with Crippen LogP contribution in [0, 0.1) is 35.5 Å². The molecule has 4 aliphatic rings. The van der Waals surface area contributed by atoms with Gasteiger partial charge in [-0.15, -0.1) is 0 Å². The summed E-state index contributed by atoms with van der Waals surface area (Å²) in [5, 5.41) is 23.0. The van der Waals surface area contributed by atoms with Crippen molar-refractivity contribution in [1.29, 1.82) is 0 Å². The molecule has 4 fully saturated rings. The van der Waals surface area contributed by atoms with Crippen LogP contribution in [0.3, 0.4) is 0 Å². The van der Waals surface area contributed by atoms with Crippen LogP contribution in [0.1, 0.15) is 132 Å². The highest BCUT2D eigenvalue weighted by molar-refractivity contribution is 7.53. The number of piperidine rings is 1. The molecule has 3 heterocycles. The van der Waals surface area contributed by atoms with Gasteiger partial charge in [0.1, 0.15) is 30.1 Å². The van der Waals surface area contributed by atoms with Crippen molar-refractivity contribution >= 4 is 36.8 Å².